The molecule has 0 aliphatic heterocycles. The van der Waals surface area contributed by atoms with Gasteiger partial charge in [-0.3, -0.25) is 4.79 Å². The predicted molar refractivity (Wildman–Crippen MR) is 118 cm³/mol. The van der Waals surface area contributed by atoms with E-state index < -0.39 is 5.97 Å². The zero-order valence-corrected chi connectivity index (χ0v) is 18.3. The number of carbonyl (C=O) groups is 1. The van der Waals surface area contributed by atoms with Crippen LogP contribution in [0.3, 0.4) is 0 Å². The van der Waals surface area contributed by atoms with E-state index in [4.69, 9.17) is 18.9 Å². The number of esters is 1. The minimum atomic E-state index is -0.440. The lowest BCUT2D eigenvalue weighted by molar-refractivity contribution is -0.132. The van der Waals surface area contributed by atoms with Crippen molar-refractivity contribution in [2.24, 2.45) is 0 Å². The molecule has 0 radical (unpaired) electrons. The third kappa shape index (κ3) is 5.02. The second-order valence-electron chi connectivity index (χ2n) is 6.28. The summed E-state index contributed by atoms with van der Waals surface area (Å²) in [4.78, 5) is 15.8. The number of carbonyl (C=O) groups excluding carboxylic acids is 1. The maximum absolute atomic E-state index is 11.2. The zero-order chi connectivity index (χ0) is 22.4. The number of aromatic nitrogens is 1. The van der Waals surface area contributed by atoms with Crippen LogP contribution in [0.5, 0.6) is 23.0 Å². The van der Waals surface area contributed by atoms with E-state index in [1.165, 1.54) is 25.4 Å². The first-order valence-corrected chi connectivity index (χ1v) is 10.0. The normalized spacial score (nSPS) is 10.9. The topological polar surface area (TPSA) is 90.7 Å². The van der Waals surface area contributed by atoms with Crippen molar-refractivity contribution in [1.29, 1.82) is 5.26 Å². The molecule has 3 aromatic rings. The summed E-state index contributed by atoms with van der Waals surface area (Å²) in [5.74, 6) is 1.50. The van der Waals surface area contributed by atoms with Crippen LogP contribution in [0.25, 0.3) is 22.9 Å². The number of hydrogen-bond donors (Lipinski definition) is 0. The molecule has 3 rings (SSSR count). The second-order valence-corrected chi connectivity index (χ2v) is 7.14. The summed E-state index contributed by atoms with van der Waals surface area (Å²) in [6.07, 6.45) is 1.71. The van der Waals surface area contributed by atoms with E-state index in [0.29, 0.717) is 39.1 Å². The number of hydrogen-bond acceptors (Lipinski definition) is 8. The Morgan fingerprint density at radius 1 is 1.00 bits per heavy atom. The van der Waals surface area contributed by atoms with E-state index in [9.17, 15) is 10.1 Å². The number of methoxy groups -OCH3 is 3. The first-order valence-electron chi connectivity index (χ1n) is 9.15. The largest absolute Gasteiger partial charge is 0.493 e. The molecular weight excluding hydrogens is 416 g/mol. The van der Waals surface area contributed by atoms with E-state index in [1.54, 1.807) is 38.5 Å². The molecule has 2 aromatic carbocycles. The molecular formula is C23H20N2O5S. The minimum absolute atomic E-state index is 0.315. The molecule has 31 heavy (non-hydrogen) atoms. The van der Waals surface area contributed by atoms with Crippen molar-refractivity contribution >= 4 is 29.0 Å². The lowest BCUT2D eigenvalue weighted by Crippen LogP contribution is -2.03. The summed E-state index contributed by atoms with van der Waals surface area (Å²) < 4.78 is 21.0. The summed E-state index contributed by atoms with van der Waals surface area (Å²) in [5.41, 5.74) is 2.70. The Bertz CT molecular complexity index is 1180. The van der Waals surface area contributed by atoms with Crippen molar-refractivity contribution in [3.05, 3.63) is 52.3 Å². The molecule has 1 heterocycles. The highest BCUT2D eigenvalue weighted by molar-refractivity contribution is 7.11. The Labute approximate surface area is 184 Å². The lowest BCUT2D eigenvalue weighted by atomic mass is 10.1. The van der Waals surface area contributed by atoms with E-state index in [0.717, 1.165) is 11.3 Å². The Hall–Kier alpha value is -3.83. The molecule has 0 aliphatic rings. The summed E-state index contributed by atoms with van der Waals surface area (Å²) in [6.45, 7) is 1.32. The van der Waals surface area contributed by atoms with E-state index in [2.05, 4.69) is 11.1 Å². The summed E-state index contributed by atoms with van der Waals surface area (Å²) in [7, 11) is 4.64. The van der Waals surface area contributed by atoms with Gasteiger partial charge in [0.05, 0.1) is 32.6 Å². The van der Waals surface area contributed by atoms with Crippen LogP contribution in [-0.4, -0.2) is 32.3 Å². The van der Waals surface area contributed by atoms with Crippen molar-refractivity contribution in [3.63, 3.8) is 0 Å². The number of allylic oxidation sites excluding steroid dienone is 1. The Kier molecular flexibility index (Phi) is 6.90. The fourth-order valence-electron chi connectivity index (χ4n) is 2.85. The van der Waals surface area contributed by atoms with Crippen LogP contribution in [0.4, 0.5) is 0 Å². The van der Waals surface area contributed by atoms with Gasteiger partial charge in [0.25, 0.3) is 0 Å². The second kappa shape index (κ2) is 9.78. The molecule has 0 saturated heterocycles. The first-order chi connectivity index (χ1) is 15.0. The summed E-state index contributed by atoms with van der Waals surface area (Å²) in [6, 6.07) is 12.8. The summed E-state index contributed by atoms with van der Waals surface area (Å²) >= 11 is 1.37. The highest BCUT2D eigenvalue weighted by Gasteiger charge is 2.13. The molecule has 0 aliphatic carbocycles. The highest BCUT2D eigenvalue weighted by Crippen LogP contribution is 2.34. The number of rotatable bonds is 7. The maximum Gasteiger partial charge on any atom is 0.308 e. The van der Waals surface area contributed by atoms with E-state index >= 15 is 0 Å². The molecule has 0 spiro atoms. The van der Waals surface area contributed by atoms with E-state index in [1.807, 2.05) is 23.6 Å². The van der Waals surface area contributed by atoms with Crippen LogP contribution < -0.4 is 18.9 Å². The average Bonchev–Trinajstić information content (AvgIpc) is 3.27. The van der Waals surface area contributed by atoms with E-state index in [-0.39, 0.29) is 0 Å². The van der Waals surface area contributed by atoms with Crippen LogP contribution in [0.15, 0.2) is 41.8 Å². The van der Waals surface area contributed by atoms with Gasteiger partial charge >= 0.3 is 5.97 Å². The van der Waals surface area contributed by atoms with Gasteiger partial charge in [-0.25, -0.2) is 4.98 Å². The van der Waals surface area contributed by atoms with Crippen molar-refractivity contribution in [1.82, 2.24) is 4.98 Å². The molecule has 0 N–H and O–H groups in total. The van der Waals surface area contributed by atoms with Crippen LogP contribution in [0.1, 0.15) is 17.5 Å². The Morgan fingerprint density at radius 3 is 2.32 bits per heavy atom. The molecule has 0 bridgehead atoms. The molecule has 158 valence electrons. The molecule has 0 amide bonds. The van der Waals surface area contributed by atoms with Crippen molar-refractivity contribution in [2.75, 3.05) is 21.3 Å². The molecule has 7 nitrogen and oxygen atoms in total. The third-order valence-corrected chi connectivity index (χ3v) is 5.16. The fraction of sp³-hybridized carbons (Fsp3) is 0.174. The highest BCUT2D eigenvalue weighted by atomic mass is 32.1. The minimum Gasteiger partial charge on any atom is -0.493 e. The molecule has 0 fully saturated rings. The van der Waals surface area contributed by atoms with Gasteiger partial charge in [0.15, 0.2) is 23.0 Å². The molecule has 1 aromatic heterocycles. The SMILES string of the molecule is COc1ccc(-c2csc(/C(C#N)=C/c3ccc(OC(C)=O)c(OC)c3)n2)cc1OC. The standard InChI is InChI=1S/C23H20N2O5S/c1-14(26)30-20-7-5-15(10-21(20)28-3)9-17(12-24)23-25-18(13-31-23)16-6-8-19(27-2)22(11-16)29-4/h5-11,13H,1-4H3/b17-9+. The van der Waals surface area contributed by atoms with Gasteiger partial charge < -0.3 is 18.9 Å². The molecule has 0 saturated carbocycles. The third-order valence-electron chi connectivity index (χ3n) is 4.29. The maximum atomic E-state index is 11.2. The zero-order valence-electron chi connectivity index (χ0n) is 17.5. The van der Waals surface area contributed by atoms with Gasteiger partial charge in [-0.15, -0.1) is 11.3 Å². The van der Waals surface area contributed by atoms with Gasteiger partial charge in [0.1, 0.15) is 11.1 Å². The average molecular weight is 436 g/mol. The molecule has 0 unspecified atom stereocenters. The molecule has 0 atom stereocenters. The van der Waals surface area contributed by atoms with Gasteiger partial charge in [-0.2, -0.15) is 5.26 Å². The number of nitrogens with zero attached hydrogens (tertiary/aromatic N) is 2. The molecule has 8 heteroatoms. The van der Waals surface area contributed by atoms with Crippen LogP contribution in [0, 0.1) is 11.3 Å². The smallest absolute Gasteiger partial charge is 0.308 e. The predicted octanol–water partition coefficient (Wildman–Crippen LogP) is 4.83. The van der Waals surface area contributed by atoms with Crippen molar-refractivity contribution in [2.45, 2.75) is 6.92 Å². The van der Waals surface area contributed by atoms with Gasteiger partial charge in [0.2, 0.25) is 0 Å². The lowest BCUT2D eigenvalue weighted by Gasteiger charge is -2.08. The number of benzene rings is 2. The van der Waals surface area contributed by atoms with Crippen molar-refractivity contribution in [3.8, 4) is 40.3 Å². The van der Waals surface area contributed by atoms with Crippen LogP contribution in [0.2, 0.25) is 0 Å². The van der Waals surface area contributed by atoms with Gasteiger partial charge in [0, 0.05) is 17.9 Å². The number of ether oxygens (including phenoxy) is 4. The fourth-order valence-corrected chi connectivity index (χ4v) is 3.64. The number of thiazole rings is 1. The van der Waals surface area contributed by atoms with Gasteiger partial charge in [-0.05, 0) is 42.0 Å². The number of nitriles is 1. The monoisotopic (exact) mass is 436 g/mol. The Morgan fingerprint density at radius 2 is 1.68 bits per heavy atom. The van der Waals surface area contributed by atoms with Crippen LogP contribution >= 0.6 is 11.3 Å². The quantitative estimate of drug-likeness (QED) is 0.298. The Balaban J connectivity index is 1.92. The first kappa shape index (κ1) is 21.9. The van der Waals surface area contributed by atoms with Crippen LogP contribution in [-0.2, 0) is 4.79 Å². The van der Waals surface area contributed by atoms with Crippen molar-refractivity contribution < 1.29 is 23.7 Å². The summed E-state index contributed by atoms with van der Waals surface area (Å²) in [5, 5.41) is 12.1. The van der Waals surface area contributed by atoms with Gasteiger partial charge in [-0.1, -0.05) is 6.07 Å².